The van der Waals surface area contributed by atoms with E-state index in [1.165, 1.54) is 24.0 Å². The van der Waals surface area contributed by atoms with Crippen LogP contribution in [0.3, 0.4) is 0 Å². The average molecular weight is 472 g/mol. The van der Waals surface area contributed by atoms with E-state index >= 15 is 0 Å². The molecule has 5 nitrogen and oxygen atoms in total. The maximum absolute atomic E-state index is 5.64. The molecule has 2 fully saturated rings. The quantitative estimate of drug-likeness (QED) is 0.406. The number of likely N-dealkylation sites (tertiary alicyclic amines) is 1. The summed E-state index contributed by atoms with van der Waals surface area (Å²) in [4.78, 5) is 9.72. The van der Waals surface area contributed by atoms with Crippen LogP contribution in [0.25, 0.3) is 0 Å². The van der Waals surface area contributed by atoms with Gasteiger partial charge >= 0.3 is 0 Å². The SMILES string of the molecule is CCNC(=NCc1cccc(CN2CCOC(C)C2)c1)N1CCCC1.I. The molecular formula is C20H33IN4O. The number of halogens is 1. The topological polar surface area (TPSA) is 40.1 Å². The van der Waals surface area contributed by atoms with Gasteiger partial charge in [-0.15, -0.1) is 24.0 Å². The summed E-state index contributed by atoms with van der Waals surface area (Å²) >= 11 is 0. The molecule has 2 saturated heterocycles. The second-order valence-corrected chi connectivity index (χ2v) is 7.10. The molecule has 3 rings (SSSR count). The highest BCUT2D eigenvalue weighted by Gasteiger charge is 2.17. The second kappa shape index (κ2) is 11.1. The highest BCUT2D eigenvalue weighted by atomic mass is 127. The van der Waals surface area contributed by atoms with Crippen molar-refractivity contribution in [1.82, 2.24) is 15.1 Å². The molecular weight excluding hydrogens is 439 g/mol. The fourth-order valence-electron chi connectivity index (χ4n) is 3.64. The Labute approximate surface area is 175 Å². The molecule has 146 valence electrons. The van der Waals surface area contributed by atoms with E-state index in [2.05, 4.69) is 53.2 Å². The molecule has 2 aliphatic heterocycles. The van der Waals surface area contributed by atoms with Crippen LogP contribution < -0.4 is 5.32 Å². The fraction of sp³-hybridized carbons (Fsp3) is 0.650. The largest absolute Gasteiger partial charge is 0.376 e. The van der Waals surface area contributed by atoms with E-state index in [0.717, 1.165) is 58.4 Å². The number of rotatable bonds is 5. The van der Waals surface area contributed by atoms with Gasteiger partial charge < -0.3 is 15.0 Å². The lowest BCUT2D eigenvalue weighted by Gasteiger charge is -2.31. The molecule has 0 amide bonds. The third kappa shape index (κ3) is 6.39. The van der Waals surface area contributed by atoms with Crippen LogP contribution in [0.15, 0.2) is 29.3 Å². The summed E-state index contributed by atoms with van der Waals surface area (Å²) in [5.41, 5.74) is 2.65. The van der Waals surface area contributed by atoms with Gasteiger partial charge in [0.15, 0.2) is 5.96 Å². The van der Waals surface area contributed by atoms with E-state index in [0.29, 0.717) is 6.10 Å². The first kappa shape index (κ1) is 21.4. The number of guanidine groups is 1. The Kier molecular flexibility index (Phi) is 9.15. The minimum absolute atomic E-state index is 0. The predicted molar refractivity (Wildman–Crippen MR) is 118 cm³/mol. The van der Waals surface area contributed by atoms with E-state index in [-0.39, 0.29) is 24.0 Å². The Morgan fingerprint density at radius 2 is 2.00 bits per heavy atom. The van der Waals surface area contributed by atoms with Crippen molar-refractivity contribution in [3.8, 4) is 0 Å². The van der Waals surface area contributed by atoms with Crippen LogP contribution in [0.5, 0.6) is 0 Å². The van der Waals surface area contributed by atoms with Crippen LogP contribution in [-0.2, 0) is 17.8 Å². The van der Waals surface area contributed by atoms with Crippen LogP contribution in [0.2, 0.25) is 0 Å². The van der Waals surface area contributed by atoms with E-state index in [1.807, 2.05) is 0 Å². The third-order valence-electron chi connectivity index (χ3n) is 4.87. The first-order valence-electron chi connectivity index (χ1n) is 9.69. The lowest BCUT2D eigenvalue weighted by molar-refractivity contribution is -0.0212. The van der Waals surface area contributed by atoms with Gasteiger partial charge in [-0.25, -0.2) is 4.99 Å². The summed E-state index contributed by atoms with van der Waals surface area (Å²) in [7, 11) is 0. The van der Waals surface area contributed by atoms with Crippen molar-refractivity contribution in [1.29, 1.82) is 0 Å². The maximum atomic E-state index is 5.64. The number of nitrogens with zero attached hydrogens (tertiary/aromatic N) is 3. The molecule has 0 spiro atoms. The average Bonchev–Trinajstić information content (AvgIpc) is 3.13. The van der Waals surface area contributed by atoms with Gasteiger partial charge in [-0.3, -0.25) is 4.90 Å². The van der Waals surface area contributed by atoms with E-state index in [1.54, 1.807) is 0 Å². The second-order valence-electron chi connectivity index (χ2n) is 7.10. The van der Waals surface area contributed by atoms with Crippen LogP contribution in [0.4, 0.5) is 0 Å². The zero-order valence-corrected chi connectivity index (χ0v) is 18.4. The van der Waals surface area contributed by atoms with Crippen LogP contribution in [0.1, 0.15) is 37.8 Å². The standard InChI is InChI=1S/C20H32N4O.HI/c1-3-21-20(24-9-4-5-10-24)22-14-18-7-6-8-19(13-18)16-23-11-12-25-17(2)15-23;/h6-8,13,17H,3-5,9-12,14-16H2,1-2H3,(H,21,22);1H. The summed E-state index contributed by atoms with van der Waals surface area (Å²) in [5.74, 6) is 1.06. The number of ether oxygens (including phenoxy) is 1. The molecule has 0 aliphatic carbocycles. The molecule has 1 atom stereocenters. The van der Waals surface area contributed by atoms with Gasteiger partial charge in [-0.05, 0) is 37.8 Å². The van der Waals surface area contributed by atoms with E-state index in [4.69, 9.17) is 9.73 Å². The highest BCUT2D eigenvalue weighted by molar-refractivity contribution is 14.0. The van der Waals surface area contributed by atoms with E-state index < -0.39 is 0 Å². The van der Waals surface area contributed by atoms with Crippen LogP contribution in [-0.4, -0.2) is 61.2 Å². The van der Waals surface area contributed by atoms with Crippen molar-refractivity contribution in [3.05, 3.63) is 35.4 Å². The molecule has 2 aliphatic rings. The Morgan fingerprint density at radius 3 is 2.73 bits per heavy atom. The van der Waals surface area contributed by atoms with Crippen molar-refractivity contribution in [2.75, 3.05) is 39.3 Å². The molecule has 1 aromatic carbocycles. The lowest BCUT2D eigenvalue weighted by Crippen LogP contribution is -2.40. The van der Waals surface area contributed by atoms with E-state index in [9.17, 15) is 0 Å². The maximum Gasteiger partial charge on any atom is 0.194 e. The molecule has 26 heavy (non-hydrogen) atoms. The molecule has 1 unspecified atom stereocenters. The smallest absolute Gasteiger partial charge is 0.194 e. The summed E-state index contributed by atoms with van der Waals surface area (Å²) in [6.45, 7) is 12.1. The first-order valence-corrected chi connectivity index (χ1v) is 9.69. The zero-order valence-electron chi connectivity index (χ0n) is 16.1. The van der Waals surface area contributed by atoms with Crippen molar-refractivity contribution in [2.45, 2.75) is 45.9 Å². The highest BCUT2D eigenvalue weighted by Crippen LogP contribution is 2.13. The summed E-state index contributed by atoms with van der Waals surface area (Å²) < 4.78 is 5.64. The van der Waals surface area contributed by atoms with Crippen LogP contribution in [0, 0.1) is 0 Å². The van der Waals surface area contributed by atoms with Gasteiger partial charge in [-0.1, -0.05) is 24.3 Å². The lowest BCUT2D eigenvalue weighted by atomic mass is 10.1. The van der Waals surface area contributed by atoms with Crippen molar-refractivity contribution < 1.29 is 4.74 Å². The monoisotopic (exact) mass is 472 g/mol. The number of benzene rings is 1. The number of hydrogen-bond donors (Lipinski definition) is 1. The molecule has 0 aromatic heterocycles. The summed E-state index contributed by atoms with van der Waals surface area (Å²) in [5, 5.41) is 3.43. The number of aliphatic imine (C=N–C) groups is 1. The number of nitrogens with one attached hydrogen (secondary N) is 1. The Balaban J connectivity index is 0.00000243. The summed E-state index contributed by atoms with van der Waals surface area (Å²) in [6, 6.07) is 8.87. The number of hydrogen-bond acceptors (Lipinski definition) is 3. The van der Waals surface area contributed by atoms with Gasteiger partial charge in [0, 0.05) is 39.3 Å². The van der Waals surface area contributed by atoms with Gasteiger partial charge in [-0.2, -0.15) is 0 Å². The zero-order chi connectivity index (χ0) is 17.5. The third-order valence-corrected chi connectivity index (χ3v) is 4.87. The summed E-state index contributed by atoms with van der Waals surface area (Å²) in [6.07, 6.45) is 2.89. The Morgan fingerprint density at radius 1 is 1.23 bits per heavy atom. The van der Waals surface area contributed by atoms with Gasteiger partial charge in [0.2, 0.25) is 0 Å². The van der Waals surface area contributed by atoms with Crippen molar-refractivity contribution in [2.24, 2.45) is 4.99 Å². The van der Waals surface area contributed by atoms with Gasteiger partial charge in [0.05, 0.1) is 19.3 Å². The molecule has 6 heteroatoms. The molecule has 0 bridgehead atoms. The van der Waals surface area contributed by atoms with Crippen molar-refractivity contribution >= 4 is 29.9 Å². The Bertz CT molecular complexity index is 575. The minimum Gasteiger partial charge on any atom is -0.376 e. The molecule has 2 heterocycles. The first-order chi connectivity index (χ1) is 12.2. The molecule has 1 N–H and O–H groups in total. The fourth-order valence-corrected chi connectivity index (χ4v) is 3.64. The molecule has 0 saturated carbocycles. The number of morpholine rings is 1. The predicted octanol–water partition coefficient (Wildman–Crippen LogP) is 3.09. The normalized spacial score (nSPS) is 21.5. The van der Waals surface area contributed by atoms with Gasteiger partial charge in [0.1, 0.15) is 0 Å². The Hall–Kier alpha value is -0.860. The molecule has 0 radical (unpaired) electrons. The van der Waals surface area contributed by atoms with Crippen LogP contribution >= 0.6 is 24.0 Å². The molecule has 1 aromatic rings. The minimum atomic E-state index is 0. The van der Waals surface area contributed by atoms with Crippen molar-refractivity contribution in [3.63, 3.8) is 0 Å². The van der Waals surface area contributed by atoms with Gasteiger partial charge in [0.25, 0.3) is 0 Å².